The number of hydrogen-bond donors (Lipinski definition) is 1. The lowest BCUT2D eigenvalue weighted by Crippen LogP contribution is -2.47. The number of piperazine rings is 1. The average Bonchev–Trinajstić information content (AvgIpc) is 2.81. The Bertz CT molecular complexity index is 764. The summed E-state index contributed by atoms with van der Waals surface area (Å²) in [7, 11) is 0. The quantitative estimate of drug-likeness (QED) is 0.580. The molecule has 0 saturated carbocycles. The van der Waals surface area contributed by atoms with Gasteiger partial charge in [0.1, 0.15) is 6.61 Å². The van der Waals surface area contributed by atoms with Crippen LogP contribution < -0.4 is 14.8 Å². The predicted octanol–water partition coefficient (Wildman–Crippen LogP) is 4.88. The fourth-order valence-electron chi connectivity index (χ4n) is 4.60. The maximum atomic E-state index is 6.13. The van der Waals surface area contributed by atoms with Gasteiger partial charge in [-0.1, -0.05) is 36.4 Å². The van der Waals surface area contributed by atoms with Crippen LogP contribution in [0.15, 0.2) is 48.5 Å². The van der Waals surface area contributed by atoms with E-state index in [1.807, 2.05) is 25.1 Å². The molecule has 2 aromatic carbocycles. The molecule has 5 nitrogen and oxygen atoms in total. The predicted molar refractivity (Wildman–Crippen MR) is 134 cm³/mol. The first-order valence-electron chi connectivity index (χ1n) is 11.3. The van der Waals surface area contributed by atoms with Gasteiger partial charge in [0.05, 0.1) is 6.61 Å². The molecule has 0 spiro atoms. The van der Waals surface area contributed by atoms with Crippen molar-refractivity contribution in [2.75, 3.05) is 46.0 Å². The summed E-state index contributed by atoms with van der Waals surface area (Å²) < 4.78 is 17.8. The molecular weight excluding hydrogens is 447 g/mol. The Labute approximate surface area is 204 Å². The largest absolute Gasteiger partial charge is 0.490 e. The van der Waals surface area contributed by atoms with E-state index in [1.165, 1.54) is 5.56 Å². The second-order valence-corrected chi connectivity index (χ2v) is 8.09. The number of hydrogen-bond acceptors (Lipinski definition) is 5. The van der Waals surface area contributed by atoms with Gasteiger partial charge in [0.25, 0.3) is 0 Å². The summed E-state index contributed by atoms with van der Waals surface area (Å²) in [4.78, 5) is 2.64. The Balaban J connectivity index is 0.00000181. The molecule has 7 heteroatoms. The van der Waals surface area contributed by atoms with Crippen LogP contribution >= 0.6 is 24.8 Å². The molecule has 2 heterocycles. The summed E-state index contributed by atoms with van der Waals surface area (Å²) >= 11 is 0. The van der Waals surface area contributed by atoms with E-state index in [4.69, 9.17) is 14.2 Å². The number of ether oxygens (including phenoxy) is 3. The van der Waals surface area contributed by atoms with Crippen molar-refractivity contribution in [3.05, 3.63) is 59.7 Å². The number of rotatable bonds is 8. The second-order valence-electron chi connectivity index (χ2n) is 8.09. The lowest BCUT2D eigenvalue weighted by atomic mass is 9.85. The summed E-state index contributed by atoms with van der Waals surface area (Å²) in [5, 5.41) is 3.49. The molecule has 2 aliphatic rings. The second kappa shape index (κ2) is 13.9. The zero-order valence-corrected chi connectivity index (χ0v) is 20.5. The van der Waals surface area contributed by atoms with Crippen LogP contribution in [-0.2, 0) is 11.3 Å². The highest BCUT2D eigenvalue weighted by Crippen LogP contribution is 2.39. The van der Waals surface area contributed by atoms with Gasteiger partial charge in [0.15, 0.2) is 11.5 Å². The Morgan fingerprint density at radius 1 is 0.969 bits per heavy atom. The minimum absolute atomic E-state index is 0. The van der Waals surface area contributed by atoms with Gasteiger partial charge in [-0.3, -0.25) is 4.90 Å². The summed E-state index contributed by atoms with van der Waals surface area (Å²) in [5.74, 6) is 2.27. The lowest BCUT2D eigenvalue weighted by Gasteiger charge is -2.41. The van der Waals surface area contributed by atoms with Crippen LogP contribution in [0.5, 0.6) is 11.5 Å². The first-order valence-corrected chi connectivity index (χ1v) is 11.3. The molecule has 2 aliphatic heterocycles. The Morgan fingerprint density at radius 2 is 1.69 bits per heavy atom. The third kappa shape index (κ3) is 7.00. The van der Waals surface area contributed by atoms with Crippen molar-refractivity contribution in [2.45, 2.75) is 32.4 Å². The third-order valence-electron chi connectivity index (χ3n) is 6.10. The highest BCUT2D eigenvalue weighted by atomic mass is 35.5. The van der Waals surface area contributed by atoms with Gasteiger partial charge in [-0.05, 0) is 48.9 Å². The van der Waals surface area contributed by atoms with E-state index in [0.717, 1.165) is 69.3 Å². The molecule has 4 rings (SSSR count). The topological polar surface area (TPSA) is 43.0 Å². The summed E-state index contributed by atoms with van der Waals surface area (Å²) in [5.41, 5.74) is 2.49. The van der Waals surface area contributed by atoms with Gasteiger partial charge < -0.3 is 19.5 Å². The molecule has 0 unspecified atom stereocenters. The van der Waals surface area contributed by atoms with E-state index in [9.17, 15) is 0 Å². The highest BCUT2D eigenvalue weighted by molar-refractivity contribution is 5.85. The number of nitrogens with zero attached hydrogens (tertiary/aromatic N) is 1. The molecule has 0 radical (unpaired) electrons. The van der Waals surface area contributed by atoms with Crippen molar-refractivity contribution >= 4 is 24.8 Å². The van der Waals surface area contributed by atoms with Crippen LogP contribution in [0.1, 0.15) is 36.9 Å². The molecule has 0 aromatic heterocycles. The minimum Gasteiger partial charge on any atom is -0.490 e. The van der Waals surface area contributed by atoms with Crippen molar-refractivity contribution in [1.29, 1.82) is 0 Å². The maximum absolute atomic E-state index is 6.13. The van der Waals surface area contributed by atoms with Crippen LogP contribution in [0.2, 0.25) is 0 Å². The van der Waals surface area contributed by atoms with E-state index in [-0.39, 0.29) is 24.8 Å². The SMILES string of the molecule is CCOc1cc([C@H](C2CCOCC2)N2CCNCC2)ccc1OCc1ccccc1.Cl.Cl. The normalized spacial score (nSPS) is 18.2. The summed E-state index contributed by atoms with van der Waals surface area (Å²) in [6.45, 7) is 9.19. The molecule has 0 amide bonds. The van der Waals surface area contributed by atoms with Gasteiger partial charge in [-0.25, -0.2) is 0 Å². The van der Waals surface area contributed by atoms with E-state index < -0.39 is 0 Å². The molecule has 0 bridgehead atoms. The third-order valence-corrected chi connectivity index (χ3v) is 6.10. The molecule has 0 aliphatic carbocycles. The van der Waals surface area contributed by atoms with Crippen molar-refractivity contribution in [3.63, 3.8) is 0 Å². The van der Waals surface area contributed by atoms with E-state index in [0.29, 0.717) is 25.2 Å². The Morgan fingerprint density at radius 3 is 2.38 bits per heavy atom. The van der Waals surface area contributed by atoms with Gasteiger partial charge in [0.2, 0.25) is 0 Å². The molecule has 1 N–H and O–H groups in total. The molecule has 32 heavy (non-hydrogen) atoms. The zero-order chi connectivity index (χ0) is 20.6. The molecule has 2 fully saturated rings. The van der Waals surface area contributed by atoms with Crippen LogP contribution in [-0.4, -0.2) is 50.9 Å². The fraction of sp³-hybridized carbons (Fsp3) is 0.520. The summed E-state index contributed by atoms with van der Waals surface area (Å²) in [6, 6.07) is 17.2. The maximum Gasteiger partial charge on any atom is 0.161 e. The van der Waals surface area contributed by atoms with E-state index >= 15 is 0 Å². The lowest BCUT2D eigenvalue weighted by molar-refractivity contribution is 0.0212. The van der Waals surface area contributed by atoms with E-state index in [1.54, 1.807) is 0 Å². The number of nitrogens with one attached hydrogen (secondary N) is 1. The van der Waals surface area contributed by atoms with Crippen molar-refractivity contribution in [2.24, 2.45) is 5.92 Å². The van der Waals surface area contributed by atoms with Crippen LogP contribution in [0, 0.1) is 5.92 Å². The van der Waals surface area contributed by atoms with Crippen molar-refractivity contribution in [3.8, 4) is 11.5 Å². The van der Waals surface area contributed by atoms with Gasteiger partial charge in [-0.15, -0.1) is 24.8 Å². The monoisotopic (exact) mass is 482 g/mol. The standard InChI is InChI=1S/C25H34N2O3.2ClH/c1-2-29-24-18-22(8-9-23(24)30-19-20-6-4-3-5-7-20)25(21-10-16-28-17-11-21)27-14-12-26-13-15-27;;/h3-9,18,21,25-26H,2,10-17,19H2,1H3;2*1H/t25-;;/m0../s1. The van der Waals surface area contributed by atoms with Crippen LogP contribution in [0.4, 0.5) is 0 Å². The number of benzene rings is 2. The minimum atomic E-state index is 0. The fourth-order valence-corrected chi connectivity index (χ4v) is 4.60. The Hall–Kier alpha value is -1.50. The molecule has 2 aromatic rings. The van der Waals surface area contributed by atoms with E-state index in [2.05, 4.69) is 40.5 Å². The summed E-state index contributed by atoms with van der Waals surface area (Å²) in [6.07, 6.45) is 2.23. The van der Waals surface area contributed by atoms with Crippen molar-refractivity contribution in [1.82, 2.24) is 10.2 Å². The Kier molecular flexibility index (Phi) is 11.6. The molecule has 1 atom stereocenters. The molecule has 2 saturated heterocycles. The average molecular weight is 483 g/mol. The van der Waals surface area contributed by atoms with Crippen molar-refractivity contribution < 1.29 is 14.2 Å². The molecular formula is C25H36Cl2N2O3. The van der Waals surface area contributed by atoms with Gasteiger partial charge in [0, 0.05) is 45.4 Å². The zero-order valence-electron chi connectivity index (χ0n) is 18.8. The van der Waals surface area contributed by atoms with Crippen LogP contribution in [0.25, 0.3) is 0 Å². The first-order chi connectivity index (χ1) is 14.8. The first kappa shape index (κ1) is 26.7. The van der Waals surface area contributed by atoms with Gasteiger partial charge >= 0.3 is 0 Å². The molecule has 178 valence electrons. The number of halogens is 2. The smallest absolute Gasteiger partial charge is 0.161 e. The highest BCUT2D eigenvalue weighted by Gasteiger charge is 2.31. The van der Waals surface area contributed by atoms with Crippen LogP contribution in [0.3, 0.4) is 0 Å². The van der Waals surface area contributed by atoms with Gasteiger partial charge in [-0.2, -0.15) is 0 Å².